The second-order valence-electron chi connectivity index (χ2n) is 4.81. The van der Waals surface area contributed by atoms with Crippen molar-refractivity contribution in [2.75, 3.05) is 20.3 Å². The number of methoxy groups -OCH3 is 1. The first-order valence-electron chi connectivity index (χ1n) is 7.13. The summed E-state index contributed by atoms with van der Waals surface area (Å²) in [5.41, 5.74) is 2.52. The minimum atomic E-state index is 0.156. The van der Waals surface area contributed by atoms with E-state index in [1.165, 1.54) is 11.1 Å². The Morgan fingerprint density at radius 2 is 2.00 bits per heavy atom. The normalized spacial score (nSPS) is 14.2. The highest BCUT2D eigenvalue weighted by Gasteiger charge is 2.20. The van der Waals surface area contributed by atoms with Crippen LogP contribution in [0.4, 0.5) is 0 Å². The number of benzene rings is 1. The molecule has 3 nitrogen and oxygen atoms in total. The van der Waals surface area contributed by atoms with Gasteiger partial charge >= 0.3 is 0 Å². The smallest absolute Gasteiger partial charge is 0.119 e. The minimum Gasteiger partial charge on any atom is -0.497 e. The van der Waals surface area contributed by atoms with E-state index in [0.717, 1.165) is 25.3 Å². The van der Waals surface area contributed by atoms with Crippen LogP contribution in [0.3, 0.4) is 0 Å². The zero-order chi connectivity index (χ0) is 14.3. The van der Waals surface area contributed by atoms with Crippen LogP contribution in [0.5, 0.6) is 5.75 Å². The average Bonchev–Trinajstić information content (AvgIpc) is 2.40. The van der Waals surface area contributed by atoms with Gasteiger partial charge in [-0.15, -0.1) is 0 Å². The van der Waals surface area contributed by atoms with Crippen LogP contribution in [0, 0.1) is 6.92 Å². The van der Waals surface area contributed by atoms with Crippen LogP contribution in [-0.2, 0) is 4.74 Å². The van der Waals surface area contributed by atoms with Gasteiger partial charge in [0, 0.05) is 6.61 Å². The monoisotopic (exact) mass is 265 g/mol. The fraction of sp³-hybridized carbons (Fsp3) is 0.625. The van der Waals surface area contributed by atoms with Crippen molar-refractivity contribution >= 4 is 0 Å². The molecule has 3 heteroatoms. The van der Waals surface area contributed by atoms with Gasteiger partial charge in [-0.1, -0.05) is 13.0 Å². The SMILES string of the molecule is CCCNC(c1ccc(OC)cc1C)C(C)OCC. The zero-order valence-electron chi connectivity index (χ0n) is 12.8. The Kier molecular flexibility index (Phi) is 6.89. The summed E-state index contributed by atoms with van der Waals surface area (Å²) >= 11 is 0. The third-order valence-electron chi connectivity index (χ3n) is 3.33. The number of hydrogen-bond donors (Lipinski definition) is 1. The summed E-state index contributed by atoms with van der Waals surface area (Å²) in [5, 5.41) is 3.58. The van der Waals surface area contributed by atoms with Crippen LogP contribution in [0.15, 0.2) is 18.2 Å². The third-order valence-corrected chi connectivity index (χ3v) is 3.33. The Balaban J connectivity index is 2.95. The van der Waals surface area contributed by atoms with Crippen LogP contribution in [0.25, 0.3) is 0 Å². The van der Waals surface area contributed by atoms with Gasteiger partial charge in [-0.2, -0.15) is 0 Å². The van der Waals surface area contributed by atoms with E-state index in [9.17, 15) is 0 Å². The maximum Gasteiger partial charge on any atom is 0.119 e. The molecule has 0 aliphatic carbocycles. The van der Waals surface area contributed by atoms with Crippen molar-refractivity contribution in [2.45, 2.75) is 46.3 Å². The highest BCUT2D eigenvalue weighted by Crippen LogP contribution is 2.26. The lowest BCUT2D eigenvalue weighted by Crippen LogP contribution is -2.33. The Labute approximate surface area is 117 Å². The fourth-order valence-corrected chi connectivity index (χ4v) is 2.31. The predicted octanol–water partition coefficient (Wildman–Crippen LogP) is 3.47. The molecule has 0 fully saturated rings. The van der Waals surface area contributed by atoms with Gasteiger partial charge in [0.25, 0.3) is 0 Å². The van der Waals surface area contributed by atoms with E-state index in [1.54, 1.807) is 7.11 Å². The molecule has 2 unspecified atom stereocenters. The Bertz CT molecular complexity index is 379. The van der Waals surface area contributed by atoms with E-state index in [4.69, 9.17) is 9.47 Å². The quantitative estimate of drug-likeness (QED) is 0.780. The number of ether oxygens (including phenoxy) is 2. The topological polar surface area (TPSA) is 30.5 Å². The molecule has 0 bridgehead atoms. The lowest BCUT2D eigenvalue weighted by Gasteiger charge is -2.27. The highest BCUT2D eigenvalue weighted by molar-refractivity contribution is 5.37. The first-order valence-corrected chi connectivity index (χ1v) is 7.13. The van der Waals surface area contributed by atoms with E-state index in [2.05, 4.69) is 38.2 Å². The van der Waals surface area contributed by atoms with Crippen molar-refractivity contribution in [1.82, 2.24) is 5.32 Å². The van der Waals surface area contributed by atoms with E-state index < -0.39 is 0 Å². The Hall–Kier alpha value is -1.06. The summed E-state index contributed by atoms with van der Waals surface area (Å²) in [6.45, 7) is 10.2. The summed E-state index contributed by atoms with van der Waals surface area (Å²) in [6.07, 6.45) is 1.27. The molecule has 0 aromatic heterocycles. The molecule has 1 aromatic rings. The van der Waals surface area contributed by atoms with Crippen LogP contribution >= 0.6 is 0 Å². The van der Waals surface area contributed by atoms with Crippen molar-refractivity contribution in [2.24, 2.45) is 0 Å². The maximum atomic E-state index is 5.77. The summed E-state index contributed by atoms with van der Waals surface area (Å²) < 4.78 is 11.0. The molecular weight excluding hydrogens is 238 g/mol. The lowest BCUT2D eigenvalue weighted by atomic mass is 9.97. The van der Waals surface area contributed by atoms with Crippen LogP contribution in [0.2, 0.25) is 0 Å². The molecule has 1 rings (SSSR count). The molecule has 0 spiro atoms. The third kappa shape index (κ3) is 4.51. The van der Waals surface area contributed by atoms with Gasteiger partial charge in [0.1, 0.15) is 5.75 Å². The van der Waals surface area contributed by atoms with Gasteiger partial charge in [0.2, 0.25) is 0 Å². The second kappa shape index (κ2) is 8.18. The van der Waals surface area contributed by atoms with E-state index in [-0.39, 0.29) is 12.1 Å². The van der Waals surface area contributed by atoms with Gasteiger partial charge in [0.15, 0.2) is 0 Å². The first-order chi connectivity index (χ1) is 9.13. The molecule has 0 heterocycles. The van der Waals surface area contributed by atoms with Crippen molar-refractivity contribution in [3.05, 3.63) is 29.3 Å². The maximum absolute atomic E-state index is 5.77. The van der Waals surface area contributed by atoms with Crippen molar-refractivity contribution < 1.29 is 9.47 Å². The van der Waals surface area contributed by atoms with Gasteiger partial charge in [-0.3, -0.25) is 0 Å². The Morgan fingerprint density at radius 1 is 1.26 bits per heavy atom. The molecule has 1 aromatic carbocycles. The van der Waals surface area contributed by atoms with Gasteiger partial charge < -0.3 is 14.8 Å². The number of nitrogens with one attached hydrogen (secondary N) is 1. The number of rotatable bonds is 8. The molecule has 0 saturated carbocycles. The number of hydrogen-bond acceptors (Lipinski definition) is 3. The fourth-order valence-electron chi connectivity index (χ4n) is 2.31. The van der Waals surface area contributed by atoms with Gasteiger partial charge in [0.05, 0.1) is 19.3 Å². The van der Waals surface area contributed by atoms with Crippen molar-refractivity contribution in [3.63, 3.8) is 0 Å². The van der Waals surface area contributed by atoms with Gasteiger partial charge in [-0.25, -0.2) is 0 Å². The average molecular weight is 265 g/mol. The second-order valence-corrected chi connectivity index (χ2v) is 4.81. The molecular formula is C16H27NO2. The van der Waals surface area contributed by atoms with Crippen molar-refractivity contribution in [3.8, 4) is 5.75 Å². The standard InChI is InChI=1S/C16H27NO2/c1-6-10-17-16(13(4)19-7-2)15-9-8-14(18-5)11-12(15)3/h8-9,11,13,16-17H,6-7,10H2,1-5H3. The largest absolute Gasteiger partial charge is 0.497 e. The van der Waals surface area contributed by atoms with Crippen LogP contribution < -0.4 is 10.1 Å². The minimum absolute atomic E-state index is 0.156. The van der Waals surface area contributed by atoms with Crippen LogP contribution in [-0.4, -0.2) is 26.4 Å². The van der Waals surface area contributed by atoms with Gasteiger partial charge in [-0.05, 0) is 57.0 Å². The highest BCUT2D eigenvalue weighted by atomic mass is 16.5. The van der Waals surface area contributed by atoms with Crippen LogP contribution in [0.1, 0.15) is 44.4 Å². The Morgan fingerprint density at radius 3 is 2.53 bits per heavy atom. The summed E-state index contributed by atoms with van der Waals surface area (Å²) in [7, 11) is 1.70. The number of aryl methyl sites for hydroxylation is 1. The van der Waals surface area contributed by atoms with Crippen molar-refractivity contribution in [1.29, 1.82) is 0 Å². The van der Waals surface area contributed by atoms with E-state index in [1.807, 2.05) is 13.0 Å². The molecule has 0 aliphatic rings. The molecule has 108 valence electrons. The molecule has 0 amide bonds. The molecule has 0 aliphatic heterocycles. The summed E-state index contributed by atoms with van der Waals surface area (Å²) in [4.78, 5) is 0. The molecule has 0 saturated heterocycles. The predicted molar refractivity (Wildman–Crippen MR) is 79.9 cm³/mol. The molecule has 19 heavy (non-hydrogen) atoms. The first kappa shape index (κ1) is 16.0. The summed E-state index contributed by atoms with van der Waals surface area (Å²) in [5.74, 6) is 0.902. The van der Waals surface area contributed by atoms with E-state index in [0.29, 0.717) is 0 Å². The summed E-state index contributed by atoms with van der Waals surface area (Å²) in [6, 6.07) is 6.46. The molecule has 1 N–H and O–H groups in total. The zero-order valence-corrected chi connectivity index (χ0v) is 12.8. The molecule has 0 radical (unpaired) electrons. The van der Waals surface area contributed by atoms with E-state index >= 15 is 0 Å². The lowest BCUT2D eigenvalue weighted by molar-refractivity contribution is 0.0471. The molecule has 2 atom stereocenters.